The van der Waals surface area contributed by atoms with Crippen molar-refractivity contribution < 1.29 is 9.90 Å². The smallest absolute Gasteiger partial charge is 0.257 e. The van der Waals surface area contributed by atoms with Gasteiger partial charge in [0, 0.05) is 30.9 Å². The molecule has 0 unspecified atom stereocenters. The van der Waals surface area contributed by atoms with Crippen molar-refractivity contribution in [2.24, 2.45) is 5.92 Å². The zero-order valence-electron chi connectivity index (χ0n) is 15.2. The quantitative estimate of drug-likeness (QED) is 0.720. The first-order valence-electron chi connectivity index (χ1n) is 9.13. The normalized spacial score (nSPS) is 19.6. The lowest BCUT2D eigenvalue weighted by atomic mass is 10.0. The zero-order chi connectivity index (χ0) is 18.8. The van der Waals surface area contributed by atoms with Crippen molar-refractivity contribution in [3.05, 3.63) is 71.3 Å². The van der Waals surface area contributed by atoms with E-state index in [9.17, 15) is 9.90 Å². The number of carbonyl (C=O) groups is 1. The lowest BCUT2D eigenvalue weighted by molar-refractivity contribution is 0.0764. The molecule has 1 fully saturated rings. The number of H-pyrrole nitrogens is 1. The summed E-state index contributed by atoms with van der Waals surface area (Å²) in [7, 11) is 0. The van der Waals surface area contributed by atoms with Gasteiger partial charge in [-0.3, -0.25) is 14.6 Å². The molecule has 2 N–H and O–H groups in total. The van der Waals surface area contributed by atoms with E-state index in [4.69, 9.17) is 0 Å². The van der Waals surface area contributed by atoms with Gasteiger partial charge in [-0.25, -0.2) is 0 Å². The van der Waals surface area contributed by atoms with Crippen LogP contribution >= 0.6 is 0 Å². The van der Waals surface area contributed by atoms with Gasteiger partial charge in [-0.2, -0.15) is 10.2 Å². The number of aromatic nitrogens is 4. The van der Waals surface area contributed by atoms with E-state index in [0.717, 1.165) is 17.0 Å². The molecule has 3 aromatic rings. The number of nitrogens with one attached hydrogen (secondary N) is 1. The lowest BCUT2D eigenvalue weighted by Crippen LogP contribution is -2.29. The third kappa shape index (κ3) is 3.93. The van der Waals surface area contributed by atoms with Gasteiger partial charge in [-0.15, -0.1) is 0 Å². The molecule has 7 nitrogen and oxygen atoms in total. The molecular formula is C20H23N5O2. The highest BCUT2D eigenvalue weighted by atomic mass is 16.3. The van der Waals surface area contributed by atoms with E-state index in [0.29, 0.717) is 31.6 Å². The summed E-state index contributed by atoms with van der Waals surface area (Å²) in [6, 6.07) is 12.0. The van der Waals surface area contributed by atoms with Crippen molar-refractivity contribution in [2.75, 3.05) is 13.1 Å². The predicted octanol–water partition coefficient (Wildman–Crippen LogP) is 1.64. The monoisotopic (exact) mass is 365 g/mol. The average Bonchev–Trinajstić information content (AvgIpc) is 3.37. The summed E-state index contributed by atoms with van der Waals surface area (Å²) in [5, 5.41) is 21.8. The minimum Gasteiger partial charge on any atom is -0.391 e. The number of hydrogen-bond acceptors (Lipinski definition) is 4. The Balaban J connectivity index is 1.39. The van der Waals surface area contributed by atoms with Gasteiger partial charge in [0.25, 0.3) is 5.91 Å². The van der Waals surface area contributed by atoms with E-state index in [-0.39, 0.29) is 11.8 Å². The number of aliphatic hydroxyl groups is 1. The second-order valence-corrected chi connectivity index (χ2v) is 7.20. The van der Waals surface area contributed by atoms with Crippen LogP contribution in [-0.2, 0) is 13.0 Å². The Morgan fingerprint density at radius 1 is 1.30 bits per heavy atom. The first-order valence-corrected chi connectivity index (χ1v) is 9.13. The molecule has 1 aliphatic rings. The molecule has 7 heteroatoms. The van der Waals surface area contributed by atoms with Crippen molar-refractivity contribution in [3.8, 4) is 0 Å². The summed E-state index contributed by atoms with van der Waals surface area (Å²) in [5.41, 5.74) is 3.60. The number of β-amino-alcohol motifs (C(OH)–C–C–N with tert-alkyl or cyclic N) is 1. The summed E-state index contributed by atoms with van der Waals surface area (Å²) in [6.07, 6.45) is 3.49. The Labute approximate surface area is 157 Å². The summed E-state index contributed by atoms with van der Waals surface area (Å²) < 4.78 is 1.76. The van der Waals surface area contributed by atoms with Gasteiger partial charge < -0.3 is 10.0 Å². The van der Waals surface area contributed by atoms with E-state index < -0.39 is 6.10 Å². The topological polar surface area (TPSA) is 87.0 Å². The number of amides is 1. The molecule has 0 spiro atoms. The van der Waals surface area contributed by atoms with Crippen LogP contribution in [0.15, 0.2) is 48.8 Å². The molecule has 1 aliphatic heterocycles. The van der Waals surface area contributed by atoms with E-state index in [2.05, 4.69) is 15.3 Å². The maximum absolute atomic E-state index is 12.8. The maximum atomic E-state index is 12.8. The van der Waals surface area contributed by atoms with Crippen molar-refractivity contribution >= 4 is 5.91 Å². The highest BCUT2D eigenvalue weighted by Gasteiger charge is 2.35. The fraction of sp³-hybridized carbons (Fsp3) is 0.350. The first kappa shape index (κ1) is 17.5. The van der Waals surface area contributed by atoms with Crippen LogP contribution < -0.4 is 0 Å². The lowest BCUT2D eigenvalue weighted by Gasteiger charge is -2.14. The number of aromatic amines is 1. The van der Waals surface area contributed by atoms with Crippen LogP contribution in [0.5, 0.6) is 0 Å². The summed E-state index contributed by atoms with van der Waals surface area (Å²) in [6.45, 7) is 3.44. The SMILES string of the molecule is Cc1cc(C[C@@H]2CN(C(=O)c3cnn(Cc4ccccc4)c3)C[C@H]2O)n[nH]1. The zero-order valence-corrected chi connectivity index (χ0v) is 15.2. The Kier molecular flexibility index (Phi) is 4.77. The number of aliphatic hydroxyl groups excluding tert-OH is 1. The molecule has 0 bridgehead atoms. The molecule has 1 amide bonds. The molecule has 1 saturated heterocycles. The minimum absolute atomic E-state index is 0.00369. The summed E-state index contributed by atoms with van der Waals surface area (Å²) in [5.74, 6) is -0.0925. The van der Waals surface area contributed by atoms with Crippen LogP contribution in [0.3, 0.4) is 0 Å². The molecule has 2 atom stereocenters. The van der Waals surface area contributed by atoms with Gasteiger partial charge in [0.1, 0.15) is 0 Å². The molecule has 1 aromatic carbocycles. The standard InChI is InChI=1S/C20H23N5O2/c1-14-7-18(23-22-14)8-16-11-24(13-19(16)26)20(27)17-9-21-25(12-17)10-15-5-3-2-4-6-15/h2-7,9,12,16,19,26H,8,10-11,13H2,1H3,(H,22,23)/t16-,19-/m1/s1. The van der Waals surface area contributed by atoms with Crippen LogP contribution in [0.25, 0.3) is 0 Å². The van der Waals surface area contributed by atoms with E-state index in [1.165, 1.54) is 0 Å². The van der Waals surface area contributed by atoms with Gasteiger partial charge >= 0.3 is 0 Å². The van der Waals surface area contributed by atoms with Crippen LogP contribution in [-0.4, -0.2) is 55.1 Å². The average molecular weight is 365 g/mol. The Hall–Kier alpha value is -2.93. The molecule has 140 valence electrons. The number of nitrogens with zero attached hydrogens (tertiary/aromatic N) is 4. The largest absolute Gasteiger partial charge is 0.391 e. The van der Waals surface area contributed by atoms with E-state index in [1.807, 2.05) is 43.3 Å². The van der Waals surface area contributed by atoms with Gasteiger partial charge in [0.05, 0.1) is 30.1 Å². The summed E-state index contributed by atoms with van der Waals surface area (Å²) in [4.78, 5) is 14.5. The molecule has 27 heavy (non-hydrogen) atoms. The number of aryl methyl sites for hydroxylation is 1. The van der Waals surface area contributed by atoms with Crippen LogP contribution in [0.2, 0.25) is 0 Å². The number of rotatable bonds is 5. The molecular weight excluding hydrogens is 342 g/mol. The van der Waals surface area contributed by atoms with Gasteiger partial charge in [0.15, 0.2) is 0 Å². The fourth-order valence-electron chi connectivity index (χ4n) is 3.58. The Bertz CT molecular complexity index is 917. The Morgan fingerprint density at radius 3 is 2.85 bits per heavy atom. The highest BCUT2D eigenvalue weighted by molar-refractivity contribution is 5.94. The Morgan fingerprint density at radius 2 is 2.11 bits per heavy atom. The second kappa shape index (κ2) is 7.36. The van der Waals surface area contributed by atoms with Crippen molar-refractivity contribution in [1.82, 2.24) is 24.9 Å². The summed E-state index contributed by atoms with van der Waals surface area (Å²) >= 11 is 0. The van der Waals surface area contributed by atoms with Crippen molar-refractivity contribution in [1.29, 1.82) is 0 Å². The van der Waals surface area contributed by atoms with E-state index >= 15 is 0 Å². The minimum atomic E-state index is -0.537. The second-order valence-electron chi connectivity index (χ2n) is 7.20. The number of likely N-dealkylation sites (tertiary alicyclic amines) is 1. The molecule has 0 saturated carbocycles. The molecule has 4 rings (SSSR count). The fourth-order valence-corrected chi connectivity index (χ4v) is 3.58. The first-order chi connectivity index (χ1) is 13.1. The third-order valence-corrected chi connectivity index (χ3v) is 4.99. The number of benzene rings is 1. The third-order valence-electron chi connectivity index (χ3n) is 4.99. The van der Waals surface area contributed by atoms with E-state index in [1.54, 1.807) is 22.0 Å². The van der Waals surface area contributed by atoms with Crippen molar-refractivity contribution in [3.63, 3.8) is 0 Å². The van der Waals surface area contributed by atoms with Crippen LogP contribution in [0, 0.1) is 12.8 Å². The molecule has 0 radical (unpaired) electrons. The molecule has 0 aliphatic carbocycles. The van der Waals surface area contributed by atoms with Crippen LogP contribution in [0.4, 0.5) is 0 Å². The predicted molar refractivity (Wildman–Crippen MR) is 100 cm³/mol. The maximum Gasteiger partial charge on any atom is 0.257 e. The molecule has 3 heterocycles. The van der Waals surface area contributed by atoms with Crippen molar-refractivity contribution in [2.45, 2.75) is 26.0 Å². The molecule has 2 aromatic heterocycles. The number of carbonyl (C=O) groups excluding carboxylic acids is 1. The number of hydrogen-bond donors (Lipinski definition) is 2. The van der Waals surface area contributed by atoms with Gasteiger partial charge in [-0.1, -0.05) is 30.3 Å². The highest BCUT2D eigenvalue weighted by Crippen LogP contribution is 2.23. The van der Waals surface area contributed by atoms with Gasteiger partial charge in [-0.05, 0) is 25.0 Å². The van der Waals surface area contributed by atoms with Gasteiger partial charge in [0.2, 0.25) is 0 Å². The van der Waals surface area contributed by atoms with Crippen LogP contribution in [0.1, 0.15) is 27.3 Å².